The number of methoxy groups -OCH3 is 1. The van der Waals surface area contributed by atoms with Gasteiger partial charge in [0.25, 0.3) is 0 Å². The van der Waals surface area contributed by atoms with E-state index in [4.69, 9.17) is 10.5 Å². The first-order chi connectivity index (χ1) is 8.19. The Hall–Kier alpha value is -1.56. The molecule has 0 fully saturated rings. The van der Waals surface area contributed by atoms with Gasteiger partial charge in [0.05, 0.1) is 7.11 Å². The number of ether oxygens (including phenoxy) is 1. The van der Waals surface area contributed by atoms with E-state index in [2.05, 4.69) is 26.0 Å². The number of aryl methyl sites for hydroxylation is 2. The Bertz CT molecular complexity index is 495. The van der Waals surface area contributed by atoms with Crippen molar-refractivity contribution in [2.75, 3.05) is 12.8 Å². The minimum Gasteiger partial charge on any atom is -0.497 e. The highest BCUT2D eigenvalue weighted by Gasteiger charge is 2.04. The molecule has 1 heterocycles. The summed E-state index contributed by atoms with van der Waals surface area (Å²) in [5.41, 5.74) is 6.71. The maximum Gasteiger partial charge on any atom is 0.240 e. The zero-order chi connectivity index (χ0) is 12.3. The van der Waals surface area contributed by atoms with Crippen molar-refractivity contribution < 1.29 is 4.74 Å². The van der Waals surface area contributed by atoms with Crippen molar-refractivity contribution >= 4 is 21.9 Å². The summed E-state index contributed by atoms with van der Waals surface area (Å²) >= 11 is 3.30. The highest BCUT2D eigenvalue weighted by atomic mass is 79.9. The normalized spacial score (nSPS) is 10.5. The van der Waals surface area contributed by atoms with E-state index in [-0.39, 0.29) is 5.95 Å². The summed E-state index contributed by atoms with van der Waals surface area (Å²) in [5.74, 6) is 1.14. The second-order valence-corrected chi connectivity index (χ2v) is 4.27. The Morgan fingerprint density at radius 2 is 2.06 bits per heavy atom. The fourth-order valence-electron chi connectivity index (χ4n) is 1.51. The lowest BCUT2D eigenvalue weighted by molar-refractivity contribution is 0.414. The first-order valence-corrected chi connectivity index (χ1v) is 5.97. The SMILES string of the molecule is COc1ccc(CCn2nc(N)nc2Br)cc1. The molecule has 0 amide bonds. The molecule has 17 heavy (non-hydrogen) atoms. The number of hydrogen-bond acceptors (Lipinski definition) is 4. The van der Waals surface area contributed by atoms with Gasteiger partial charge in [0.2, 0.25) is 5.95 Å². The molecule has 0 saturated carbocycles. The van der Waals surface area contributed by atoms with Crippen LogP contribution in [0.3, 0.4) is 0 Å². The average Bonchev–Trinajstić information content (AvgIpc) is 2.66. The van der Waals surface area contributed by atoms with Gasteiger partial charge in [-0.05, 0) is 40.0 Å². The number of nitrogens with two attached hydrogens (primary N) is 1. The van der Waals surface area contributed by atoms with Crippen LogP contribution in [0.2, 0.25) is 0 Å². The van der Waals surface area contributed by atoms with Crippen molar-refractivity contribution in [3.63, 3.8) is 0 Å². The Morgan fingerprint density at radius 1 is 1.35 bits per heavy atom. The minimum absolute atomic E-state index is 0.284. The van der Waals surface area contributed by atoms with Gasteiger partial charge >= 0.3 is 0 Å². The predicted octanol–water partition coefficient (Wildman–Crippen LogP) is 1.87. The Morgan fingerprint density at radius 3 is 2.59 bits per heavy atom. The molecule has 0 saturated heterocycles. The maximum absolute atomic E-state index is 5.50. The Labute approximate surface area is 108 Å². The smallest absolute Gasteiger partial charge is 0.240 e. The number of benzene rings is 1. The molecule has 2 N–H and O–H groups in total. The van der Waals surface area contributed by atoms with Crippen molar-refractivity contribution in [1.29, 1.82) is 0 Å². The van der Waals surface area contributed by atoms with Crippen LogP contribution in [0.5, 0.6) is 5.75 Å². The first kappa shape index (κ1) is 11.9. The number of aromatic nitrogens is 3. The van der Waals surface area contributed by atoms with Crippen LogP contribution in [-0.2, 0) is 13.0 Å². The van der Waals surface area contributed by atoms with Crippen LogP contribution in [0.1, 0.15) is 5.56 Å². The Balaban J connectivity index is 1.99. The van der Waals surface area contributed by atoms with E-state index < -0.39 is 0 Å². The molecule has 0 radical (unpaired) electrons. The molecule has 0 aliphatic rings. The summed E-state index contributed by atoms with van der Waals surface area (Å²) in [5, 5.41) is 4.07. The van der Waals surface area contributed by atoms with E-state index in [1.165, 1.54) is 5.56 Å². The highest BCUT2D eigenvalue weighted by Crippen LogP contribution is 2.13. The average molecular weight is 297 g/mol. The lowest BCUT2D eigenvalue weighted by Crippen LogP contribution is -2.04. The molecular formula is C11H13BrN4O. The topological polar surface area (TPSA) is 66.0 Å². The van der Waals surface area contributed by atoms with Gasteiger partial charge < -0.3 is 10.5 Å². The monoisotopic (exact) mass is 296 g/mol. The van der Waals surface area contributed by atoms with Crippen LogP contribution in [0.4, 0.5) is 5.95 Å². The molecular weight excluding hydrogens is 284 g/mol. The molecule has 1 aromatic carbocycles. The van der Waals surface area contributed by atoms with E-state index in [9.17, 15) is 0 Å². The summed E-state index contributed by atoms with van der Waals surface area (Å²) in [7, 11) is 1.66. The molecule has 2 rings (SSSR count). The molecule has 90 valence electrons. The summed E-state index contributed by atoms with van der Waals surface area (Å²) in [6, 6.07) is 7.96. The van der Waals surface area contributed by atoms with Crippen LogP contribution in [-0.4, -0.2) is 21.9 Å². The zero-order valence-electron chi connectivity index (χ0n) is 9.43. The number of nitrogens with zero attached hydrogens (tertiary/aromatic N) is 3. The third-order valence-electron chi connectivity index (χ3n) is 2.41. The number of rotatable bonds is 4. The molecule has 0 atom stereocenters. The lowest BCUT2D eigenvalue weighted by Gasteiger charge is -2.04. The minimum atomic E-state index is 0.284. The third-order valence-corrected chi connectivity index (χ3v) is 3.00. The van der Waals surface area contributed by atoms with Crippen LogP contribution in [0.25, 0.3) is 0 Å². The molecule has 0 bridgehead atoms. The third kappa shape index (κ3) is 2.97. The summed E-state index contributed by atoms with van der Waals surface area (Å²) in [4.78, 5) is 3.98. The fourth-order valence-corrected chi connectivity index (χ4v) is 1.95. The van der Waals surface area contributed by atoms with E-state index >= 15 is 0 Å². The Kier molecular flexibility index (Phi) is 3.63. The van der Waals surface area contributed by atoms with E-state index in [1.807, 2.05) is 24.3 Å². The van der Waals surface area contributed by atoms with Crippen molar-refractivity contribution in [2.45, 2.75) is 13.0 Å². The van der Waals surface area contributed by atoms with Gasteiger partial charge in [-0.2, -0.15) is 4.98 Å². The van der Waals surface area contributed by atoms with E-state index in [1.54, 1.807) is 11.8 Å². The molecule has 2 aromatic rings. The molecule has 1 aromatic heterocycles. The summed E-state index contributed by atoms with van der Waals surface area (Å²) < 4.78 is 7.49. The molecule has 6 heteroatoms. The standard InChI is InChI=1S/C11H13BrN4O/c1-17-9-4-2-8(3-5-9)6-7-16-10(12)14-11(13)15-16/h2-5H,6-7H2,1H3,(H2,13,15). The van der Waals surface area contributed by atoms with Gasteiger partial charge in [-0.25, -0.2) is 4.68 Å². The van der Waals surface area contributed by atoms with Crippen LogP contribution in [0, 0.1) is 0 Å². The van der Waals surface area contributed by atoms with Crippen molar-refractivity contribution in [3.8, 4) is 5.75 Å². The first-order valence-electron chi connectivity index (χ1n) is 5.18. The number of halogens is 1. The molecule has 0 aliphatic carbocycles. The summed E-state index contributed by atoms with van der Waals surface area (Å²) in [6.45, 7) is 0.733. The van der Waals surface area contributed by atoms with Gasteiger partial charge in [-0.15, -0.1) is 5.10 Å². The lowest BCUT2D eigenvalue weighted by atomic mass is 10.1. The number of anilines is 1. The van der Waals surface area contributed by atoms with Gasteiger partial charge in [0.15, 0.2) is 4.73 Å². The number of hydrogen-bond donors (Lipinski definition) is 1. The maximum atomic E-state index is 5.50. The predicted molar refractivity (Wildman–Crippen MR) is 68.8 cm³/mol. The van der Waals surface area contributed by atoms with Crippen molar-refractivity contribution in [1.82, 2.24) is 14.8 Å². The molecule has 0 aliphatic heterocycles. The second kappa shape index (κ2) is 5.18. The van der Waals surface area contributed by atoms with Gasteiger partial charge in [0.1, 0.15) is 5.75 Å². The van der Waals surface area contributed by atoms with E-state index in [0.29, 0.717) is 4.73 Å². The van der Waals surface area contributed by atoms with Crippen LogP contribution >= 0.6 is 15.9 Å². The van der Waals surface area contributed by atoms with E-state index in [0.717, 1.165) is 18.7 Å². The van der Waals surface area contributed by atoms with Gasteiger partial charge in [0, 0.05) is 6.54 Å². The summed E-state index contributed by atoms with van der Waals surface area (Å²) in [6.07, 6.45) is 0.866. The molecule has 5 nitrogen and oxygen atoms in total. The highest BCUT2D eigenvalue weighted by molar-refractivity contribution is 9.10. The van der Waals surface area contributed by atoms with Crippen LogP contribution < -0.4 is 10.5 Å². The van der Waals surface area contributed by atoms with Gasteiger partial charge in [-0.1, -0.05) is 12.1 Å². The fraction of sp³-hybridized carbons (Fsp3) is 0.273. The van der Waals surface area contributed by atoms with Gasteiger partial charge in [-0.3, -0.25) is 0 Å². The molecule has 0 unspecified atom stereocenters. The second-order valence-electron chi connectivity index (χ2n) is 3.56. The van der Waals surface area contributed by atoms with Crippen LogP contribution in [0.15, 0.2) is 29.0 Å². The number of nitrogen functional groups attached to an aromatic ring is 1. The largest absolute Gasteiger partial charge is 0.497 e. The zero-order valence-corrected chi connectivity index (χ0v) is 11.0. The quantitative estimate of drug-likeness (QED) is 0.935. The molecule has 0 spiro atoms. The van der Waals surface area contributed by atoms with Crippen molar-refractivity contribution in [3.05, 3.63) is 34.6 Å². The van der Waals surface area contributed by atoms with Crippen molar-refractivity contribution in [2.24, 2.45) is 0 Å².